The second-order valence-corrected chi connectivity index (χ2v) is 9.42. The van der Waals surface area contributed by atoms with Gasteiger partial charge in [-0.2, -0.15) is 0 Å². The number of carboxylic acids is 1. The number of aliphatic hydroxyl groups is 6. The van der Waals surface area contributed by atoms with Crippen LogP contribution in [0.25, 0.3) is 0 Å². The van der Waals surface area contributed by atoms with Crippen LogP contribution in [0.3, 0.4) is 0 Å². The van der Waals surface area contributed by atoms with Crippen molar-refractivity contribution in [3.8, 4) is 0 Å². The van der Waals surface area contributed by atoms with Gasteiger partial charge < -0.3 is 41.5 Å². The molecule has 36 heavy (non-hydrogen) atoms. The Bertz CT molecular complexity index is 773. The van der Waals surface area contributed by atoms with E-state index in [4.69, 9.17) is 26.2 Å². The van der Waals surface area contributed by atoms with E-state index in [0.29, 0.717) is 32.1 Å². The molecule has 0 aromatic heterocycles. The van der Waals surface area contributed by atoms with Gasteiger partial charge in [0.15, 0.2) is 0 Å². The second kappa shape index (κ2) is 17.4. The molecule has 9 nitrogen and oxygen atoms in total. The van der Waals surface area contributed by atoms with Crippen LogP contribution in [-0.4, -0.2) is 85.4 Å². The normalized spacial score (nSPS) is 23.1. The molecule has 1 aromatic carbocycles. The molecule has 5 atom stereocenters. The maximum absolute atomic E-state index is 10.5. The first-order valence-electron chi connectivity index (χ1n) is 12.4. The molecule has 1 aliphatic rings. The number of carboxylic acid groups (broad SMARTS) is 1. The van der Waals surface area contributed by atoms with Crippen molar-refractivity contribution < 1.29 is 40.5 Å². The predicted molar refractivity (Wildman–Crippen MR) is 137 cm³/mol. The molecule has 9 heteroatoms. The Morgan fingerprint density at radius 2 is 1.69 bits per heavy atom. The monoisotopic (exact) mass is 509 g/mol. The molecular weight excluding hydrogens is 466 g/mol. The summed E-state index contributed by atoms with van der Waals surface area (Å²) in [6.45, 7) is -1.21. The Kier molecular flexibility index (Phi) is 15.4. The molecule has 0 radical (unpaired) electrons. The highest BCUT2D eigenvalue weighted by atomic mass is 16.4. The fourth-order valence-electron chi connectivity index (χ4n) is 3.91. The highest BCUT2D eigenvalue weighted by molar-refractivity contribution is 5.66. The molecule has 1 saturated carbocycles. The van der Waals surface area contributed by atoms with Gasteiger partial charge in [0.25, 0.3) is 0 Å². The summed E-state index contributed by atoms with van der Waals surface area (Å²) in [5, 5.41) is 64.4. The zero-order valence-electron chi connectivity index (χ0n) is 20.8. The minimum absolute atomic E-state index is 0.0942. The molecule has 0 heterocycles. The summed E-state index contributed by atoms with van der Waals surface area (Å²) in [6.07, 6.45) is 9.51. The van der Waals surface area contributed by atoms with Gasteiger partial charge in [0, 0.05) is 18.8 Å². The van der Waals surface area contributed by atoms with E-state index in [1.165, 1.54) is 5.56 Å². The molecule has 0 amide bonds. The number of allylic oxidation sites excluding steroid dienone is 2. The molecule has 0 saturated heterocycles. The van der Waals surface area contributed by atoms with E-state index in [2.05, 4.69) is 0 Å². The lowest BCUT2D eigenvalue weighted by Gasteiger charge is -2.20. The molecule has 0 bridgehead atoms. The topological polar surface area (TPSA) is 185 Å². The summed E-state index contributed by atoms with van der Waals surface area (Å²) in [5.74, 6) is -1.08. The van der Waals surface area contributed by atoms with E-state index in [0.717, 1.165) is 6.42 Å². The molecule has 0 spiro atoms. The number of hydrogen-bond acceptors (Lipinski definition) is 8. The zero-order chi connectivity index (χ0) is 27.0. The van der Waals surface area contributed by atoms with Gasteiger partial charge in [-0.15, -0.1) is 0 Å². The molecule has 9 N–H and O–H groups in total. The third-order valence-electron chi connectivity index (χ3n) is 6.32. The highest BCUT2D eigenvalue weighted by Crippen LogP contribution is 2.36. The average Bonchev–Trinajstić information content (AvgIpc) is 3.15. The number of aliphatic hydroxyl groups excluding tert-OH is 6. The van der Waals surface area contributed by atoms with Crippen molar-refractivity contribution in [2.75, 3.05) is 19.8 Å². The summed E-state index contributed by atoms with van der Waals surface area (Å²) >= 11 is 0. The van der Waals surface area contributed by atoms with E-state index < -0.39 is 49.6 Å². The fourth-order valence-corrected chi connectivity index (χ4v) is 3.91. The Balaban J connectivity index is 0.000000697. The van der Waals surface area contributed by atoms with Gasteiger partial charge in [-0.25, -0.2) is 0 Å². The standard InChI is InChI=1S/C23H32O5.C4H11NO3/c24-18(13-12-17-8-4-3-5-9-17)14-15-20-19(21(25)16-22(20)26)10-6-1-2-7-11-23(27)28;5-4(1-6,2-7)3-8/h1,3-6,8-9,14-15,18-22,24-26H,2,7,10-13,16H2,(H,27,28);6-8H,1-3,5H2/b6-1+,15-14+;/t18-,19+,20+,21-,22+;/m0./s1. The molecule has 1 aromatic rings. The van der Waals surface area contributed by atoms with E-state index in [-0.39, 0.29) is 18.3 Å². The van der Waals surface area contributed by atoms with Crippen molar-refractivity contribution >= 4 is 5.97 Å². The van der Waals surface area contributed by atoms with Crippen LogP contribution in [0.2, 0.25) is 0 Å². The highest BCUT2D eigenvalue weighted by Gasteiger charge is 2.39. The first-order valence-corrected chi connectivity index (χ1v) is 12.4. The lowest BCUT2D eigenvalue weighted by atomic mass is 9.89. The van der Waals surface area contributed by atoms with Gasteiger partial charge in [0.2, 0.25) is 0 Å². The number of rotatable bonds is 14. The Morgan fingerprint density at radius 3 is 2.25 bits per heavy atom. The van der Waals surface area contributed by atoms with E-state index in [1.807, 2.05) is 48.6 Å². The van der Waals surface area contributed by atoms with Crippen LogP contribution >= 0.6 is 0 Å². The van der Waals surface area contributed by atoms with Gasteiger partial charge in [-0.3, -0.25) is 4.79 Å². The van der Waals surface area contributed by atoms with E-state index in [1.54, 1.807) is 6.08 Å². The van der Waals surface area contributed by atoms with Gasteiger partial charge in [0.1, 0.15) is 0 Å². The van der Waals surface area contributed by atoms with Crippen molar-refractivity contribution in [1.29, 1.82) is 0 Å². The number of nitrogens with two attached hydrogens (primary N) is 1. The molecule has 2 rings (SSSR count). The largest absolute Gasteiger partial charge is 0.481 e. The van der Waals surface area contributed by atoms with Gasteiger partial charge >= 0.3 is 5.97 Å². The predicted octanol–water partition coefficient (Wildman–Crippen LogP) is 0.756. The maximum atomic E-state index is 10.5. The van der Waals surface area contributed by atoms with Crippen molar-refractivity contribution in [3.05, 3.63) is 60.2 Å². The van der Waals surface area contributed by atoms with Gasteiger partial charge in [-0.05, 0) is 43.6 Å². The summed E-state index contributed by atoms with van der Waals surface area (Å²) in [7, 11) is 0. The lowest BCUT2D eigenvalue weighted by molar-refractivity contribution is -0.137. The van der Waals surface area contributed by atoms with Crippen LogP contribution in [0.1, 0.15) is 44.1 Å². The summed E-state index contributed by atoms with van der Waals surface area (Å²) in [5.41, 5.74) is 5.12. The van der Waals surface area contributed by atoms with Crippen LogP contribution in [0.15, 0.2) is 54.6 Å². The van der Waals surface area contributed by atoms with Crippen molar-refractivity contribution in [1.82, 2.24) is 0 Å². The molecular formula is C27H43NO8. The van der Waals surface area contributed by atoms with Crippen LogP contribution < -0.4 is 5.73 Å². The second-order valence-electron chi connectivity index (χ2n) is 9.42. The van der Waals surface area contributed by atoms with Crippen LogP contribution in [-0.2, 0) is 11.2 Å². The number of carbonyl (C=O) groups is 1. The Hall–Kier alpha value is -2.11. The van der Waals surface area contributed by atoms with Crippen LogP contribution in [0.4, 0.5) is 0 Å². The van der Waals surface area contributed by atoms with Gasteiger partial charge in [0.05, 0.1) is 43.7 Å². The van der Waals surface area contributed by atoms with Gasteiger partial charge in [-0.1, -0.05) is 54.6 Å². The van der Waals surface area contributed by atoms with Crippen molar-refractivity contribution in [2.45, 2.75) is 68.8 Å². The third kappa shape index (κ3) is 12.2. The zero-order valence-corrected chi connectivity index (χ0v) is 20.8. The molecule has 204 valence electrons. The fraction of sp³-hybridized carbons (Fsp3) is 0.593. The number of aliphatic carboxylic acids is 1. The van der Waals surface area contributed by atoms with Crippen LogP contribution in [0, 0.1) is 11.8 Å². The minimum Gasteiger partial charge on any atom is -0.481 e. The molecule has 0 unspecified atom stereocenters. The molecule has 1 aliphatic carbocycles. The number of unbranched alkanes of at least 4 members (excludes halogenated alkanes) is 1. The Labute approximate surface area is 213 Å². The number of hydrogen-bond donors (Lipinski definition) is 8. The first kappa shape index (κ1) is 31.9. The lowest BCUT2D eigenvalue weighted by Crippen LogP contribution is -2.50. The summed E-state index contributed by atoms with van der Waals surface area (Å²) in [6, 6.07) is 9.99. The summed E-state index contributed by atoms with van der Waals surface area (Å²) in [4.78, 5) is 10.5. The quantitative estimate of drug-likeness (QED) is 0.132. The number of benzene rings is 1. The minimum atomic E-state index is -1.21. The Morgan fingerprint density at radius 1 is 1.06 bits per heavy atom. The van der Waals surface area contributed by atoms with E-state index in [9.17, 15) is 20.1 Å². The van der Waals surface area contributed by atoms with Crippen LogP contribution in [0.5, 0.6) is 0 Å². The van der Waals surface area contributed by atoms with Crippen molar-refractivity contribution in [2.24, 2.45) is 17.6 Å². The number of aryl methyl sites for hydroxylation is 1. The molecule has 1 fully saturated rings. The van der Waals surface area contributed by atoms with Crippen molar-refractivity contribution in [3.63, 3.8) is 0 Å². The maximum Gasteiger partial charge on any atom is 0.303 e. The SMILES string of the molecule is NC(CO)(CO)CO.O=C(O)CCC/C=C/C[C@@H]1[C@@H](/C=C/[C@@H](O)CCc2ccccc2)[C@H](O)C[C@@H]1O. The van der Waals surface area contributed by atoms with E-state index >= 15 is 0 Å². The summed E-state index contributed by atoms with van der Waals surface area (Å²) < 4.78 is 0. The average molecular weight is 510 g/mol. The first-order chi connectivity index (χ1) is 17.2. The molecule has 0 aliphatic heterocycles. The third-order valence-corrected chi connectivity index (χ3v) is 6.32. The smallest absolute Gasteiger partial charge is 0.303 e.